The van der Waals surface area contributed by atoms with Crippen molar-refractivity contribution in [3.63, 3.8) is 0 Å². The lowest BCUT2D eigenvalue weighted by Crippen LogP contribution is -2.23. The fraction of sp³-hybridized carbons (Fsp3) is 0.167. The van der Waals surface area contributed by atoms with E-state index in [1.807, 2.05) is 0 Å². The van der Waals surface area contributed by atoms with Gasteiger partial charge in [-0.1, -0.05) is 23.7 Å². The first-order chi connectivity index (χ1) is 13.4. The number of carbonyl (C=O) groups excluding carboxylic acids is 1. The van der Waals surface area contributed by atoms with Crippen LogP contribution < -0.4 is 10.1 Å². The molecule has 0 aliphatic carbocycles. The zero-order valence-corrected chi connectivity index (χ0v) is 15.3. The number of carbonyl (C=O) groups is 1. The Morgan fingerprint density at radius 2 is 2.07 bits per heavy atom. The molecular formula is C18H15ClF2N4O3. The Hall–Kier alpha value is -3.20. The van der Waals surface area contributed by atoms with E-state index in [2.05, 4.69) is 15.4 Å². The van der Waals surface area contributed by atoms with E-state index < -0.39 is 12.5 Å². The van der Waals surface area contributed by atoms with Gasteiger partial charge in [-0.15, -0.1) is 0 Å². The number of ether oxygens (including phenoxy) is 1. The highest BCUT2D eigenvalue weighted by Gasteiger charge is 2.20. The Kier molecular flexibility index (Phi) is 5.74. The number of hydrogen-bond acceptors (Lipinski definition) is 5. The molecule has 0 saturated heterocycles. The Bertz CT molecular complexity index is 993. The first-order valence-electron chi connectivity index (χ1n) is 8.02. The topological polar surface area (TPSA) is 89.3 Å². The quantitative estimate of drug-likeness (QED) is 0.650. The Balaban J connectivity index is 1.83. The maximum Gasteiger partial charge on any atom is 0.333 e. The van der Waals surface area contributed by atoms with Gasteiger partial charge in [0.05, 0.1) is 13.3 Å². The van der Waals surface area contributed by atoms with Crippen LogP contribution in [0.1, 0.15) is 22.5 Å². The summed E-state index contributed by atoms with van der Waals surface area (Å²) in [4.78, 5) is 16.5. The molecule has 1 aromatic carbocycles. The smallest absolute Gasteiger partial charge is 0.333 e. The molecule has 2 N–H and O–H groups in total. The summed E-state index contributed by atoms with van der Waals surface area (Å²) in [7, 11) is 1.31. The predicted octanol–water partition coefficient (Wildman–Crippen LogP) is 3.64. The van der Waals surface area contributed by atoms with Crippen molar-refractivity contribution in [3.05, 3.63) is 58.9 Å². The fourth-order valence-electron chi connectivity index (χ4n) is 2.46. The van der Waals surface area contributed by atoms with Crippen molar-refractivity contribution in [3.8, 4) is 22.9 Å². The van der Waals surface area contributed by atoms with Crippen LogP contribution in [-0.2, 0) is 6.54 Å². The molecule has 0 radical (unpaired) electrons. The predicted molar refractivity (Wildman–Crippen MR) is 97.6 cm³/mol. The Morgan fingerprint density at radius 3 is 2.68 bits per heavy atom. The van der Waals surface area contributed by atoms with Gasteiger partial charge < -0.3 is 15.2 Å². The maximum absolute atomic E-state index is 12.7. The largest absolute Gasteiger partial charge is 0.506 e. The number of aromatic nitrogens is 3. The molecule has 146 valence electrons. The normalized spacial score (nSPS) is 10.9. The van der Waals surface area contributed by atoms with Gasteiger partial charge in [-0.2, -0.15) is 13.9 Å². The molecule has 3 aromatic rings. The van der Waals surface area contributed by atoms with Gasteiger partial charge >= 0.3 is 6.55 Å². The minimum atomic E-state index is -2.82. The number of nitrogens with zero attached hydrogens (tertiary/aromatic N) is 3. The van der Waals surface area contributed by atoms with Crippen LogP contribution in [0.2, 0.25) is 5.02 Å². The average Bonchev–Trinajstić information content (AvgIpc) is 3.17. The molecule has 0 aliphatic heterocycles. The Morgan fingerprint density at radius 1 is 1.36 bits per heavy atom. The summed E-state index contributed by atoms with van der Waals surface area (Å²) >= 11 is 5.82. The van der Waals surface area contributed by atoms with Gasteiger partial charge in [0, 0.05) is 29.4 Å². The second kappa shape index (κ2) is 8.22. The molecular weight excluding hydrogens is 394 g/mol. The minimum absolute atomic E-state index is 0.000958. The van der Waals surface area contributed by atoms with Crippen molar-refractivity contribution >= 4 is 17.5 Å². The molecule has 3 rings (SSSR count). The van der Waals surface area contributed by atoms with E-state index in [0.717, 1.165) is 24.0 Å². The van der Waals surface area contributed by atoms with Gasteiger partial charge in [-0.25, -0.2) is 9.67 Å². The SMILES string of the molecule is COc1nc(-c2cnn(C(F)F)c2)c(O)cc1C(=O)NCc1ccc(Cl)cc1. The van der Waals surface area contributed by atoms with Crippen molar-refractivity contribution in [2.45, 2.75) is 13.1 Å². The highest BCUT2D eigenvalue weighted by molar-refractivity contribution is 6.30. The van der Waals surface area contributed by atoms with Crippen LogP contribution in [-0.4, -0.2) is 32.9 Å². The van der Waals surface area contributed by atoms with Crippen LogP contribution >= 0.6 is 11.6 Å². The van der Waals surface area contributed by atoms with Crippen molar-refractivity contribution in [1.29, 1.82) is 0 Å². The summed E-state index contributed by atoms with van der Waals surface area (Å²) in [5.41, 5.74) is 0.950. The van der Waals surface area contributed by atoms with Crippen LogP contribution in [0.25, 0.3) is 11.3 Å². The third-order valence-corrected chi connectivity index (χ3v) is 4.10. The fourth-order valence-corrected chi connectivity index (χ4v) is 2.59. The number of aromatic hydroxyl groups is 1. The molecule has 7 nitrogen and oxygen atoms in total. The van der Waals surface area contributed by atoms with Crippen molar-refractivity contribution in [2.24, 2.45) is 0 Å². The molecule has 0 fully saturated rings. The van der Waals surface area contributed by atoms with Crippen molar-refractivity contribution < 1.29 is 23.4 Å². The number of hydrogen-bond donors (Lipinski definition) is 2. The summed E-state index contributed by atoms with van der Waals surface area (Å²) in [6.45, 7) is -2.60. The molecule has 2 aromatic heterocycles. The third kappa shape index (κ3) is 4.20. The van der Waals surface area contributed by atoms with E-state index in [1.54, 1.807) is 24.3 Å². The van der Waals surface area contributed by atoms with Gasteiger partial charge in [0.25, 0.3) is 5.91 Å². The lowest BCUT2D eigenvalue weighted by molar-refractivity contribution is 0.0566. The van der Waals surface area contributed by atoms with E-state index >= 15 is 0 Å². The summed E-state index contributed by atoms with van der Waals surface area (Å²) in [6.07, 6.45) is 2.17. The van der Waals surface area contributed by atoms with Gasteiger partial charge in [0.2, 0.25) is 5.88 Å². The lowest BCUT2D eigenvalue weighted by atomic mass is 10.1. The highest BCUT2D eigenvalue weighted by atomic mass is 35.5. The van der Waals surface area contributed by atoms with E-state index in [1.165, 1.54) is 7.11 Å². The summed E-state index contributed by atoms with van der Waals surface area (Å²) in [5.74, 6) is -0.957. The molecule has 0 aliphatic rings. The second-order valence-corrected chi connectivity index (χ2v) is 6.15. The number of rotatable bonds is 6. The summed E-state index contributed by atoms with van der Waals surface area (Å²) in [6, 6.07) is 8.09. The minimum Gasteiger partial charge on any atom is -0.506 e. The van der Waals surface area contributed by atoms with Crippen molar-refractivity contribution in [2.75, 3.05) is 7.11 Å². The average molecular weight is 409 g/mol. The standard InChI is InChI=1S/C18H15ClF2N4O3/c1-28-17-13(16(27)22-7-10-2-4-12(19)5-3-10)6-14(26)15(24-17)11-8-23-25(9-11)18(20)21/h2-6,8-9,18,26H,7H2,1H3,(H,22,27). The van der Waals surface area contributed by atoms with Crippen LogP contribution in [0.3, 0.4) is 0 Å². The van der Waals surface area contributed by atoms with E-state index in [-0.39, 0.29) is 35.0 Å². The van der Waals surface area contributed by atoms with Crippen LogP contribution in [0.15, 0.2) is 42.7 Å². The number of amides is 1. The maximum atomic E-state index is 12.7. The molecule has 2 heterocycles. The lowest BCUT2D eigenvalue weighted by Gasteiger charge is -2.11. The van der Waals surface area contributed by atoms with Gasteiger partial charge in [0.15, 0.2) is 0 Å². The zero-order valence-electron chi connectivity index (χ0n) is 14.6. The third-order valence-electron chi connectivity index (χ3n) is 3.85. The number of methoxy groups -OCH3 is 1. The molecule has 0 unspecified atom stereocenters. The first-order valence-corrected chi connectivity index (χ1v) is 8.40. The summed E-state index contributed by atoms with van der Waals surface area (Å²) < 4.78 is 30.9. The van der Waals surface area contributed by atoms with Crippen LogP contribution in [0.4, 0.5) is 8.78 Å². The van der Waals surface area contributed by atoms with Crippen LogP contribution in [0.5, 0.6) is 11.6 Å². The van der Waals surface area contributed by atoms with Gasteiger partial charge in [-0.3, -0.25) is 4.79 Å². The Labute approximate surface area is 163 Å². The van der Waals surface area contributed by atoms with E-state index in [4.69, 9.17) is 16.3 Å². The molecule has 0 bridgehead atoms. The van der Waals surface area contributed by atoms with Gasteiger partial charge in [-0.05, 0) is 17.7 Å². The highest BCUT2D eigenvalue weighted by Crippen LogP contribution is 2.32. The monoisotopic (exact) mass is 408 g/mol. The molecule has 0 saturated carbocycles. The number of pyridine rings is 1. The van der Waals surface area contributed by atoms with Crippen LogP contribution in [0, 0.1) is 0 Å². The van der Waals surface area contributed by atoms with E-state index in [9.17, 15) is 18.7 Å². The molecule has 0 atom stereocenters. The first kappa shape index (κ1) is 19.6. The molecule has 28 heavy (non-hydrogen) atoms. The van der Waals surface area contributed by atoms with Gasteiger partial charge in [0.1, 0.15) is 17.0 Å². The second-order valence-electron chi connectivity index (χ2n) is 5.71. The molecule has 1 amide bonds. The zero-order chi connectivity index (χ0) is 20.3. The number of nitrogens with one attached hydrogen (secondary N) is 1. The number of halogens is 3. The van der Waals surface area contributed by atoms with Crippen molar-refractivity contribution in [1.82, 2.24) is 20.1 Å². The molecule has 0 spiro atoms. The number of benzene rings is 1. The van der Waals surface area contributed by atoms with E-state index in [0.29, 0.717) is 9.70 Å². The summed E-state index contributed by atoms with van der Waals surface area (Å²) in [5, 5.41) is 17.0. The molecule has 10 heteroatoms. The number of alkyl halides is 2.